The lowest BCUT2D eigenvalue weighted by Crippen LogP contribution is -2.33. The number of rotatable bonds is 6. The lowest BCUT2D eigenvalue weighted by molar-refractivity contribution is 0.00780. The van der Waals surface area contributed by atoms with Crippen LogP contribution in [0.4, 0.5) is 0 Å². The third-order valence-corrected chi connectivity index (χ3v) is 4.14. The zero-order valence-electron chi connectivity index (χ0n) is 10.9. The number of aliphatic hydroxyl groups excluding tert-OH is 1. The zero-order valence-corrected chi connectivity index (χ0v) is 10.9. The second-order valence-electron chi connectivity index (χ2n) is 5.79. The summed E-state index contributed by atoms with van der Waals surface area (Å²) < 4.78 is 5.66. The molecule has 0 bridgehead atoms. The topological polar surface area (TPSA) is 41.5 Å². The van der Waals surface area contributed by atoms with Gasteiger partial charge >= 0.3 is 0 Å². The predicted molar refractivity (Wildman–Crippen MR) is 69.0 cm³/mol. The fourth-order valence-corrected chi connectivity index (χ4v) is 3.14. The summed E-state index contributed by atoms with van der Waals surface area (Å²) >= 11 is 0. The highest BCUT2D eigenvalue weighted by Gasteiger charge is 2.19. The Morgan fingerprint density at radius 1 is 1.12 bits per heavy atom. The number of ether oxygens (including phenoxy) is 1. The first-order valence-corrected chi connectivity index (χ1v) is 7.31. The van der Waals surface area contributed by atoms with Crippen molar-refractivity contribution >= 4 is 0 Å². The van der Waals surface area contributed by atoms with E-state index in [1.165, 1.54) is 38.5 Å². The van der Waals surface area contributed by atoms with Crippen molar-refractivity contribution < 1.29 is 9.84 Å². The average Bonchev–Trinajstić information content (AvgIpc) is 2.83. The van der Waals surface area contributed by atoms with Crippen LogP contribution >= 0.6 is 0 Å². The molecule has 3 heteroatoms. The minimum atomic E-state index is -0.241. The van der Waals surface area contributed by atoms with Gasteiger partial charge in [-0.05, 0) is 37.6 Å². The molecule has 3 nitrogen and oxygen atoms in total. The second kappa shape index (κ2) is 7.34. The molecule has 0 aromatic carbocycles. The normalized spacial score (nSPS) is 28.4. The number of nitrogens with one attached hydrogen (secondary N) is 1. The van der Waals surface area contributed by atoms with Crippen LogP contribution in [0.1, 0.15) is 44.9 Å². The summed E-state index contributed by atoms with van der Waals surface area (Å²) in [6.45, 7) is 3.58. The maximum Gasteiger partial charge on any atom is 0.0776 e. The number of piperidine rings is 1. The molecule has 1 aliphatic carbocycles. The first-order valence-electron chi connectivity index (χ1n) is 7.31. The highest BCUT2D eigenvalue weighted by molar-refractivity contribution is 4.72. The van der Waals surface area contributed by atoms with Gasteiger partial charge in [0.25, 0.3) is 0 Å². The van der Waals surface area contributed by atoms with Crippen molar-refractivity contribution in [1.29, 1.82) is 0 Å². The van der Waals surface area contributed by atoms with Crippen LogP contribution in [0.3, 0.4) is 0 Å². The van der Waals surface area contributed by atoms with Crippen molar-refractivity contribution in [3.05, 3.63) is 0 Å². The first-order chi connectivity index (χ1) is 8.34. The van der Waals surface area contributed by atoms with Crippen molar-refractivity contribution in [3.8, 4) is 0 Å². The molecule has 0 aromatic rings. The van der Waals surface area contributed by atoms with Crippen LogP contribution in [0, 0.1) is 11.8 Å². The van der Waals surface area contributed by atoms with E-state index in [4.69, 9.17) is 4.74 Å². The largest absolute Gasteiger partial charge is 0.391 e. The minimum Gasteiger partial charge on any atom is -0.391 e. The zero-order chi connectivity index (χ0) is 11.9. The van der Waals surface area contributed by atoms with E-state index in [1.54, 1.807) is 0 Å². The van der Waals surface area contributed by atoms with Gasteiger partial charge < -0.3 is 15.2 Å². The molecule has 100 valence electrons. The Morgan fingerprint density at radius 2 is 1.88 bits per heavy atom. The molecule has 2 atom stereocenters. The molecule has 1 heterocycles. The molecule has 2 fully saturated rings. The van der Waals surface area contributed by atoms with Gasteiger partial charge in [-0.15, -0.1) is 0 Å². The summed E-state index contributed by atoms with van der Waals surface area (Å²) in [6.07, 6.45) is 8.56. The van der Waals surface area contributed by atoms with E-state index in [9.17, 15) is 5.11 Å². The quantitative estimate of drug-likeness (QED) is 0.747. The molecule has 0 aromatic heterocycles. The SMILES string of the molecule is OC(COCC1CCCNC1)CC1CCCC1. The monoisotopic (exact) mass is 241 g/mol. The van der Waals surface area contributed by atoms with Gasteiger partial charge in [0.15, 0.2) is 0 Å². The van der Waals surface area contributed by atoms with Crippen LogP contribution in [0.2, 0.25) is 0 Å². The van der Waals surface area contributed by atoms with Crippen LogP contribution < -0.4 is 5.32 Å². The van der Waals surface area contributed by atoms with E-state index in [0.29, 0.717) is 12.5 Å². The molecule has 2 rings (SSSR count). The van der Waals surface area contributed by atoms with Crippen molar-refractivity contribution in [3.63, 3.8) is 0 Å². The summed E-state index contributed by atoms with van der Waals surface area (Å²) in [6, 6.07) is 0. The molecule has 1 aliphatic heterocycles. The van der Waals surface area contributed by atoms with Crippen molar-refractivity contribution in [1.82, 2.24) is 5.32 Å². The van der Waals surface area contributed by atoms with Crippen molar-refractivity contribution in [2.75, 3.05) is 26.3 Å². The average molecular weight is 241 g/mol. The second-order valence-corrected chi connectivity index (χ2v) is 5.79. The standard InChI is InChI=1S/C14H27NO2/c16-14(8-12-4-1-2-5-12)11-17-10-13-6-3-7-15-9-13/h12-16H,1-11H2. The Kier molecular flexibility index (Phi) is 5.75. The van der Waals surface area contributed by atoms with Gasteiger partial charge in [-0.25, -0.2) is 0 Å². The van der Waals surface area contributed by atoms with Gasteiger partial charge in [0.05, 0.1) is 19.3 Å². The third kappa shape index (κ3) is 4.94. The van der Waals surface area contributed by atoms with Gasteiger partial charge in [0.2, 0.25) is 0 Å². The van der Waals surface area contributed by atoms with E-state index in [0.717, 1.165) is 32.0 Å². The number of hydrogen-bond acceptors (Lipinski definition) is 3. The Hall–Kier alpha value is -0.120. The van der Waals surface area contributed by atoms with E-state index < -0.39 is 0 Å². The van der Waals surface area contributed by atoms with Crippen LogP contribution in [-0.4, -0.2) is 37.5 Å². The summed E-state index contributed by atoms with van der Waals surface area (Å²) in [5, 5.41) is 13.3. The Balaban J connectivity index is 1.51. The Labute approximate surface area is 105 Å². The third-order valence-electron chi connectivity index (χ3n) is 4.14. The van der Waals surface area contributed by atoms with Gasteiger partial charge in [0, 0.05) is 6.54 Å². The molecular weight excluding hydrogens is 214 g/mol. The van der Waals surface area contributed by atoms with Gasteiger partial charge in [-0.2, -0.15) is 0 Å². The van der Waals surface area contributed by atoms with Crippen LogP contribution in [-0.2, 0) is 4.74 Å². The summed E-state index contributed by atoms with van der Waals surface area (Å²) in [7, 11) is 0. The molecule has 1 saturated carbocycles. The molecule has 2 N–H and O–H groups in total. The molecule has 0 spiro atoms. The molecule has 2 unspecified atom stereocenters. The molecule has 1 saturated heterocycles. The molecule has 2 aliphatic rings. The fourth-order valence-electron chi connectivity index (χ4n) is 3.14. The van der Waals surface area contributed by atoms with Gasteiger partial charge in [-0.1, -0.05) is 25.7 Å². The molecular formula is C14H27NO2. The highest BCUT2D eigenvalue weighted by Crippen LogP contribution is 2.28. The first kappa shape index (κ1) is 13.3. The Morgan fingerprint density at radius 3 is 2.59 bits per heavy atom. The van der Waals surface area contributed by atoms with Crippen LogP contribution in [0.15, 0.2) is 0 Å². The number of hydrogen-bond donors (Lipinski definition) is 2. The fraction of sp³-hybridized carbons (Fsp3) is 1.00. The van der Waals surface area contributed by atoms with Crippen LogP contribution in [0.25, 0.3) is 0 Å². The smallest absolute Gasteiger partial charge is 0.0776 e. The summed E-state index contributed by atoms with van der Waals surface area (Å²) in [5.74, 6) is 1.41. The predicted octanol–water partition coefficient (Wildman–Crippen LogP) is 1.94. The van der Waals surface area contributed by atoms with E-state index in [1.807, 2.05) is 0 Å². The molecule has 17 heavy (non-hydrogen) atoms. The number of aliphatic hydroxyl groups is 1. The lowest BCUT2D eigenvalue weighted by atomic mass is 10.00. The van der Waals surface area contributed by atoms with E-state index >= 15 is 0 Å². The highest BCUT2D eigenvalue weighted by atomic mass is 16.5. The minimum absolute atomic E-state index is 0.241. The molecule has 0 radical (unpaired) electrons. The maximum atomic E-state index is 9.90. The maximum absolute atomic E-state index is 9.90. The molecule has 0 amide bonds. The van der Waals surface area contributed by atoms with E-state index in [-0.39, 0.29) is 6.10 Å². The van der Waals surface area contributed by atoms with E-state index in [2.05, 4.69) is 5.32 Å². The Bertz CT molecular complexity index is 198. The summed E-state index contributed by atoms with van der Waals surface area (Å²) in [4.78, 5) is 0. The summed E-state index contributed by atoms with van der Waals surface area (Å²) in [5.41, 5.74) is 0. The van der Waals surface area contributed by atoms with Crippen molar-refractivity contribution in [2.45, 2.75) is 51.0 Å². The van der Waals surface area contributed by atoms with Crippen molar-refractivity contribution in [2.24, 2.45) is 11.8 Å². The van der Waals surface area contributed by atoms with Gasteiger partial charge in [-0.3, -0.25) is 0 Å². The van der Waals surface area contributed by atoms with Gasteiger partial charge in [0.1, 0.15) is 0 Å². The van der Waals surface area contributed by atoms with Crippen LogP contribution in [0.5, 0.6) is 0 Å². The lowest BCUT2D eigenvalue weighted by Gasteiger charge is -2.23.